The number of esters is 1. The Hall–Kier alpha value is -3.07. The van der Waals surface area contributed by atoms with Crippen LogP contribution in [0, 0.1) is 0 Å². The summed E-state index contributed by atoms with van der Waals surface area (Å²) in [4.78, 5) is 25.0. The first-order chi connectivity index (χ1) is 17.1. The molecule has 0 spiro atoms. The largest absolute Gasteiger partial charge is 0.449 e. The van der Waals surface area contributed by atoms with Crippen molar-refractivity contribution in [3.05, 3.63) is 87.9 Å². The molecule has 10 heteroatoms. The molecule has 0 radical (unpaired) electrons. The number of aryl methyl sites for hydroxylation is 1. The second kappa shape index (κ2) is 12.3. The predicted molar refractivity (Wildman–Crippen MR) is 142 cm³/mol. The molecule has 0 aliphatic rings. The smallest absolute Gasteiger partial charge is 0.338 e. The topological polar surface area (TPSA) is 102 Å². The number of carbonyl (C=O) groups is 2. The summed E-state index contributed by atoms with van der Waals surface area (Å²) in [5, 5.41) is 3.20. The predicted octanol–water partition coefficient (Wildman–Crippen LogP) is 6.32. The van der Waals surface area contributed by atoms with Crippen LogP contribution in [-0.4, -0.2) is 26.4 Å². The Labute approximate surface area is 220 Å². The van der Waals surface area contributed by atoms with Gasteiger partial charge in [-0.3, -0.25) is 9.52 Å². The molecule has 3 aromatic rings. The fourth-order valence-corrected chi connectivity index (χ4v) is 4.79. The molecule has 0 unspecified atom stereocenters. The van der Waals surface area contributed by atoms with Gasteiger partial charge in [-0.25, -0.2) is 13.2 Å². The monoisotopic (exact) mass is 548 g/mol. The minimum atomic E-state index is -3.96. The molecule has 0 saturated carbocycles. The summed E-state index contributed by atoms with van der Waals surface area (Å²) < 4.78 is 33.5. The van der Waals surface area contributed by atoms with Gasteiger partial charge in [0.25, 0.3) is 15.9 Å². The summed E-state index contributed by atoms with van der Waals surface area (Å²) in [5.41, 5.74) is 1.83. The van der Waals surface area contributed by atoms with Crippen LogP contribution in [0.15, 0.2) is 71.6 Å². The normalized spacial score (nSPS) is 12.0. The van der Waals surface area contributed by atoms with Crippen LogP contribution in [0.1, 0.15) is 42.6 Å². The molecule has 190 valence electrons. The van der Waals surface area contributed by atoms with Gasteiger partial charge in [0.15, 0.2) is 6.10 Å². The number of sulfonamides is 1. The van der Waals surface area contributed by atoms with Crippen molar-refractivity contribution in [1.82, 2.24) is 0 Å². The molecule has 7 nitrogen and oxygen atoms in total. The molecular formula is C26H26Cl2N2O5S. The maximum absolute atomic E-state index is 12.9. The average Bonchev–Trinajstić information content (AvgIpc) is 2.85. The van der Waals surface area contributed by atoms with Crippen LogP contribution in [0.4, 0.5) is 11.4 Å². The average molecular weight is 549 g/mol. The van der Waals surface area contributed by atoms with E-state index < -0.39 is 28.0 Å². The van der Waals surface area contributed by atoms with Gasteiger partial charge in [-0.2, -0.15) is 0 Å². The summed E-state index contributed by atoms with van der Waals surface area (Å²) in [6.07, 6.45) is 1.89. The van der Waals surface area contributed by atoms with Crippen LogP contribution in [0.3, 0.4) is 0 Å². The van der Waals surface area contributed by atoms with Gasteiger partial charge in [-0.1, -0.05) is 54.7 Å². The van der Waals surface area contributed by atoms with Gasteiger partial charge in [0.2, 0.25) is 0 Å². The first-order valence-electron chi connectivity index (χ1n) is 11.3. The summed E-state index contributed by atoms with van der Waals surface area (Å²) in [6, 6.07) is 17.1. The number of hydrogen-bond acceptors (Lipinski definition) is 5. The van der Waals surface area contributed by atoms with Gasteiger partial charge in [0, 0.05) is 10.7 Å². The van der Waals surface area contributed by atoms with Crippen LogP contribution in [0.2, 0.25) is 10.0 Å². The molecule has 0 heterocycles. The minimum absolute atomic E-state index is 0.0167. The summed E-state index contributed by atoms with van der Waals surface area (Å²) >= 11 is 11.9. The number of nitrogens with one attached hydrogen (secondary N) is 2. The summed E-state index contributed by atoms with van der Waals surface area (Å²) in [5.74, 6) is -1.46. The van der Waals surface area contributed by atoms with E-state index in [1.54, 1.807) is 18.2 Å². The zero-order chi connectivity index (χ0) is 26.3. The van der Waals surface area contributed by atoms with Gasteiger partial charge in [0.05, 0.1) is 21.2 Å². The number of hydrogen-bond donors (Lipinski definition) is 2. The van der Waals surface area contributed by atoms with E-state index >= 15 is 0 Å². The highest BCUT2D eigenvalue weighted by molar-refractivity contribution is 7.92. The number of rotatable bonds is 10. The van der Waals surface area contributed by atoms with Crippen LogP contribution in [-0.2, 0) is 26.0 Å². The van der Waals surface area contributed by atoms with Crippen molar-refractivity contribution in [1.29, 1.82) is 0 Å². The molecule has 0 saturated heterocycles. The van der Waals surface area contributed by atoms with Crippen LogP contribution in [0.25, 0.3) is 0 Å². The maximum Gasteiger partial charge on any atom is 0.338 e. The minimum Gasteiger partial charge on any atom is -0.449 e. The number of anilines is 2. The van der Waals surface area contributed by atoms with Gasteiger partial charge in [-0.05, 0) is 73.9 Å². The molecule has 0 aliphatic heterocycles. The van der Waals surface area contributed by atoms with Crippen molar-refractivity contribution in [2.45, 2.75) is 44.1 Å². The molecule has 1 amide bonds. The number of ether oxygens (including phenoxy) is 1. The lowest BCUT2D eigenvalue weighted by atomic mass is 10.1. The van der Waals surface area contributed by atoms with Crippen LogP contribution >= 0.6 is 23.2 Å². The van der Waals surface area contributed by atoms with Crippen LogP contribution in [0.5, 0.6) is 0 Å². The first-order valence-corrected chi connectivity index (χ1v) is 13.5. The van der Waals surface area contributed by atoms with Crippen molar-refractivity contribution in [2.24, 2.45) is 0 Å². The lowest BCUT2D eigenvalue weighted by molar-refractivity contribution is -0.123. The first kappa shape index (κ1) is 27.5. The molecule has 36 heavy (non-hydrogen) atoms. The van der Waals surface area contributed by atoms with Gasteiger partial charge >= 0.3 is 5.97 Å². The molecule has 0 fully saturated rings. The van der Waals surface area contributed by atoms with E-state index in [9.17, 15) is 18.0 Å². The van der Waals surface area contributed by atoms with E-state index in [2.05, 4.69) is 17.0 Å². The second-order valence-corrected chi connectivity index (χ2v) is 10.6. The summed E-state index contributed by atoms with van der Waals surface area (Å²) in [6.45, 7) is 3.50. The molecule has 0 aliphatic carbocycles. The van der Waals surface area contributed by atoms with E-state index in [1.165, 1.54) is 43.3 Å². The van der Waals surface area contributed by atoms with E-state index in [1.807, 2.05) is 12.1 Å². The van der Waals surface area contributed by atoms with E-state index in [0.717, 1.165) is 24.8 Å². The van der Waals surface area contributed by atoms with E-state index in [-0.39, 0.29) is 15.5 Å². The lowest BCUT2D eigenvalue weighted by Crippen LogP contribution is -2.30. The highest BCUT2D eigenvalue weighted by Gasteiger charge is 2.22. The maximum atomic E-state index is 12.9. The molecule has 0 bridgehead atoms. The zero-order valence-corrected chi connectivity index (χ0v) is 22.1. The Bertz CT molecular complexity index is 1340. The Morgan fingerprint density at radius 1 is 1.00 bits per heavy atom. The highest BCUT2D eigenvalue weighted by atomic mass is 35.5. The number of unbranched alkanes of at least 4 members (excludes halogenated alkanes) is 1. The lowest BCUT2D eigenvalue weighted by Gasteiger charge is -2.15. The third-order valence-electron chi connectivity index (χ3n) is 5.25. The molecule has 1 atom stereocenters. The van der Waals surface area contributed by atoms with Gasteiger partial charge in [-0.15, -0.1) is 0 Å². The number of carbonyl (C=O) groups excluding carboxylic acids is 2. The molecule has 3 aromatic carbocycles. The third kappa shape index (κ3) is 7.46. The quantitative estimate of drug-likeness (QED) is 0.288. The van der Waals surface area contributed by atoms with Crippen molar-refractivity contribution in [2.75, 3.05) is 10.0 Å². The van der Waals surface area contributed by atoms with Crippen molar-refractivity contribution >= 4 is 56.5 Å². The SMILES string of the molecule is CCCCc1ccc(NS(=O)(=O)c2cccc(C(=O)O[C@H](C)C(=O)Nc3ccc(Cl)cc3Cl)c2)cc1. The molecule has 2 N–H and O–H groups in total. The fraction of sp³-hybridized carbons (Fsp3) is 0.231. The van der Waals surface area contributed by atoms with E-state index in [4.69, 9.17) is 27.9 Å². The van der Waals surface area contributed by atoms with Crippen LogP contribution < -0.4 is 10.0 Å². The molecular weight excluding hydrogens is 523 g/mol. The third-order valence-corrected chi connectivity index (χ3v) is 7.17. The highest BCUT2D eigenvalue weighted by Crippen LogP contribution is 2.26. The Morgan fingerprint density at radius 3 is 2.39 bits per heavy atom. The van der Waals surface area contributed by atoms with Crippen molar-refractivity contribution < 1.29 is 22.7 Å². The molecule has 3 rings (SSSR count). The van der Waals surface area contributed by atoms with Gasteiger partial charge < -0.3 is 10.1 Å². The number of amides is 1. The number of halogens is 2. The standard InChI is InChI=1S/C26H26Cl2N2O5S/c1-3-4-6-18-9-12-21(13-10-18)30-36(33,34)22-8-5-7-19(15-22)26(32)35-17(2)25(31)29-24-14-11-20(27)16-23(24)28/h5,7-17,30H,3-4,6H2,1-2H3,(H,29,31)/t17-/m1/s1. The summed E-state index contributed by atoms with van der Waals surface area (Å²) in [7, 11) is -3.96. The zero-order valence-electron chi connectivity index (χ0n) is 19.8. The number of benzene rings is 3. The molecule has 0 aromatic heterocycles. The Morgan fingerprint density at radius 2 is 1.72 bits per heavy atom. The Kier molecular flexibility index (Phi) is 9.37. The van der Waals surface area contributed by atoms with Crippen molar-refractivity contribution in [3.8, 4) is 0 Å². The second-order valence-electron chi connectivity index (χ2n) is 8.09. The van der Waals surface area contributed by atoms with E-state index in [0.29, 0.717) is 16.4 Å². The van der Waals surface area contributed by atoms with Crippen molar-refractivity contribution in [3.63, 3.8) is 0 Å². The van der Waals surface area contributed by atoms with Gasteiger partial charge in [0.1, 0.15) is 0 Å². The fourth-order valence-electron chi connectivity index (χ4n) is 3.23. The Balaban J connectivity index is 1.66.